The summed E-state index contributed by atoms with van der Waals surface area (Å²) in [6.07, 6.45) is 9.01. The fourth-order valence-electron chi connectivity index (χ4n) is 3.08. The van der Waals surface area contributed by atoms with Crippen molar-refractivity contribution in [1.82, 2.24) is 15.3 Å². The van der Waals surface area contributed by atoms with Gasteiger partial charge >= 0.3 is 0 Å². The van der Waals surface area contributed by atoms with Gasteiger partial charge in [-0.3, -0.25) is 4.98 Å². The lowest BCUT2D eigenvalue weighted by molar-refractivity contribution is 0.335. The molecule has 2 atom stereocenters. The third-order valence-electron chi connectivity index (χ3n) is 4.35. The van der Waals surface area contributed by atoms with Crippen LogP contribution in [0, 0.1) is 11.8 Å². The molecule has 0 bridgehead atoms. The van der Waals surface area contributed by atoms with E-state index >= 15 is 0 Å². The predicted octanol–water partition coefficient (Wildman–Crippen LogP) is 3.24. The summed E-state index contributed by atoms with van der Waals surface area (Å²) in [4.78, 5) is 11.5. The topological polar surface area (TPSA) is 41.1 Å². The lowest BCUT2D eigenvalue weighted by Crippen LogP contribution is -2.36. The molecule has 2 rings (SSSR count). The van der Waals surface area contributed by atoms with Crippen LogP contribution >= 0.6 is 0 Å². The Morgan fingerprint density at radius 2 is 2.14 bits per heavy atom. The minimum atomic E-state index is 0.613. The molecule has 1 aliphatic rings. The van der Waals surface area contributed by atoms with Gasteiger partial charge < -0.3 is 10.2 Å². The van der Waals surface area contributed by atoms with E-state index in [2.05, 4.69) is 43.0 Å². The van der Waals surface area contributed by atoms with E-state index in [9.17, 15) is 0 Å². The van der Waals surface area contributed by atoms with E-state index in [1.807, 2.05) is 12.4 Å². The number of rotatable bonds is 6. The van der Waals surface area contributed by atoms with Crippen molar-refractivity contribution in [3.8, 4) is 0 Å². The summed E-state index contributed by atoms with van der Waals surface area (Å²) in [5.74, 6) is 2.50. The van der Waals surface area contributed by atoms with E-state index < -0.39 is 0 Å². The first-order valence-electron chi connectivity index (χ1n) is 8.30. The fourth-order valence-corrected chi connectivity index (χ4v) is 3.08. The highest BCUT2D eigenvalue weighted by Gasteiger charge is 2.23. The van der Waals surface area contributed by atoms with Gasteiger partial charge in [-0.1, -0.05) is 33.6 Å². The van der Waals surface area contributed by atoms with Crippen molar-refractivity contribution in [2.45, 2.75) is 59.0 Å². The van der Waals surface area contributed by atoms with Crippen LogP contribution in [0.2, 0.25) is 0 Å². The van der Waals surface area contributed by atoms with Crippen LogP contribution in [-0.4, -0.2) is 29.6 Å². The summed E-state index contributed by atoms with van der Waals surface area (Å²) in [5.41, 5.74) is 1.03. The maximum absolute atomic E-state index is 4.77. The van der Waals surface area contributed by atoms with Crippen molar-refractivity contribution in [3.63, 3.8) is 0 Å². The van der Waals surface area contributed by atoms with Gasteiger partial charge in [0.15, 0.2) is 0 Å². The van der Waals surface area contributed by atoms with Crippen LogP contribution < -0.4 is 10.2 Å². The van der Waals surface area contributed by atoms with Crippen LogP contribution in [0.4, 0.5) is 5.82 Å². The molecule has 118 valence electrons. The highest BCUT2D eigenvalue weighted by Crippen LogP contribution is 2.28. The van der Waals surface area contributed by atoms with Crippen LogP contribution in [0.15, 0.2) is 12.4 Å². The molecule has 1 saturated carbocycles. The molecule has 0 spiro atoms. The Kier molecular flexibility index (Phi) is 5.97. The van der Waals surface area contributed by atoms with Crippen LogP contribution in [0.5, 0.6) is 0 Å². The Morgan fingerprint density at radius 3 is 2.86 bits per heavy atom. The number of nitrogens with one attached hydrogen (secondary N) is 1. The van der Waals surface area contributed by atoms with Gasteiger partial charge in [-0.15, -0.1) is 0 Å². The summed E-state index contributed by atoms with van der Waals surface area (Å²) in [6.45, 7) is 8.61. The zero-order valence-electron chi connectivity index (χ0n) is 14.0. The van der Waals surface area contributed by atoms with Gasteiger partial charge in [0.05, 0.1) is 11.9 Å². The second-order valence-electron chi connectivity index (χ2n) is 6.93. The van der Waals surface area contributed by atoms with E-state index in [1.165, 1.54) is 25.7 Å². The molecule has 0 aromatic carbocycles. The number of hydrogen-bond acceptors (Lipinski definition) is 4. The van der Waals surface area contributed by atoms with Crippen molar-refractivity contribution in [1.29, 1.82) is 0 Å². The third-order valence-corrected chi connectivity index (χ3v) is 4.35. The summed E-state index contributed by atoms with van der Waals surface area (Å²) in [7, 11) is 2.16. The van der Waals surface area contributed by atoms with Crippen molar-refractivity contribution >= 4 is 5.82 Å². The molecule has 1 fully saturated rings. The van der Waals surface area contributed by atoms with E-state index in [0.29, 0.717) is 12.0 Å². The molecule has 1 aromatic heterocycles. The summed E-state index contributed by atoms with van der Waals surface area (Å²) in [6, 6.07) is 0.613. The minimum Gasteiger partial charge on any atom is -0.355 e. The zero-order valence-corrected chi connectivity index (χ0v) is 14.0. The zero-order chi connectivity index (χ0) is 15.2. The van der Waals surface area contributed by atoms with Crippen molar-refractivity contribution in [2.75, 3.05) is 18.5 Å². The molecule has 4 nitrogen and oxygen atoms in total. The first kappa shape index (κ1) is 16.2. The Morgan fingerprint density at radius 1 is 1.33 bits per heavy atom. The van der Waals surface area contributed by atoms with E-state index in [4.69, 9.17) is 4.98 Å². The summed E-state index contributed by atoms with van der Waals surface area (Å²) in [5, 5.41) is 3.43. The summed E-state index contributed by atoms with van der Waals surface area (Å²) < 4.78 is 0. The maximum Gasteiger partial charge on any atom is 0.147 e. The van der Waals surface area contributed by atoms with Gasteiger partial charge in [0.2, 0.25) is 0 Å². The molecule has 0 aliphatic heterocycles. The van der Waals surface area contributed by atoms with Crippen molar-refractivity contribution in [3.05, 3.63) is 18.1 Å². The molecule has 0 radical (unpaired) electrons. The van der Waals surface area contributed by atoms with Crippen LogP contribution in [0.1, 0.15) is 52.1 Å². The second kappa shape index (κ2) is 7.74. The average molecular weight is 290 g/mol. The molecular weight excluding hydrogens is 260 g/mol. The predicted molar refractivity (Wildman–Crippen MR) is 88.4 cm³/mol. The fraction of sp³-hybridized carbons (Fsp3) is 0.765. The Bertz CT molecular complexity index is 433. The van der Waals surface area contributed by atoms with Crippen molar-refractivity contribution < 1.29 is 0 Å². The maximum atomic E-state index is 4.77. The van der Waals surface area contributed by atoms with E-state index in [0.717, 1.165) is 30.5 Å². The number of anilines is 1. The quantitative estimate of drug-likeness (QED) is 0.873. The highest BCUT2D eigenvalue weighted by atomic mass is 15.2. The molecule has 2 unspecified atom stereocenters. The van der Waals surface area contributed by atoms with E-state index in [1.54, 1.807) is 0 Å². The number of aromatic nitrogens is 2. The van der Waals surface area contributed by atoms with Crippen LogP contribution in [0.3, 0.4) is 0 Å². The second-order valence-corrected chi connectivity index (χ2v) is 6.93. The Labute approximate surface area is 129 Å². The molecule has 4 heteroatoms. The molecule has 1 aliphatic carbocycles. The number of hydrogen-bond donors (Lipinski definition) is 1. The van der Waals surface area contributed by atoms with Gasteiger partial charge in [0, 0.05) is 25.8 Å². The van der Waals surface area contributed by atoms with E-state index in [-0.39, 0.29) is 0 Å². The minimum absolute atomic E-state index is 0.613. The molecular formula is C17H30N4. The smallest absolute Gasteiger partial charge is 0.147 e. The molecule has 1 aromatic rings. The first-order chi connectivity index (χ1) is 10.1. The van der Waals surface area contributed by atoms with Gasteiger partial charge in [0.25, 0.3) is 0 Å². The first-order valence-corrected chi connectivity index (χ1v) is 8.30. The molecule has 1 heterocycles. The highest BCUT2D eigenvalue weighted by molar-refractivity contribution is 5.36. The van der Waals surface area contributed by atoms with Gasteiger partial charge in [0.1, 0.15) is 5.82 Å². The normalized spacial score (nSPS) is 22.5. The lowest BCUT2D eigenvalue weighted by atomic mass is 9.86. The largest absolute Gasteiger partial charge is 0.355 e. The van der Waals surface area contributed by atoms with Gasteiger partial charge in [-0.05, 0) is 31.2 Å². The SMILES string of the molecule is CC(C)CNCc1cncc(N(C)C2CCCC(C)C2)n1. The van der Waals surface area contributed by atoms with Gasteiger partial charge in [-0.2, -0.15) is 0 Å². The summed E-state index contributed by atoms with van der Waals surface area (Å²) >= 11 is 0. The van der Waals surface area contributed by atoms with Gasteiger partial charge in [-0.25, -0.2) is 4.98 Å². The van der Waals surface area contributed by atoms with Crippen LogP contribution in [0.25, 0.3) is 0 Å². The Balaban J connectivity index is 1.95. The molecule has 0 saturated heterocycles. The number of nitrogens with zero attached hydrogens (tertiary/aromatic N) is 3. The van der Waals surface area contributed by atoms with Crippen LogP contribution in [-0.2, 0) is 6.54 Å². The standard InChI is InChI=1S/C17H30N4/c1-13(2)9-18-10-15-11-19-12-17(20-15)21(4)16-7-5-6-14(3)8-16/h11-14,16,18H,5-10H2,1-4H3. The van der Waals surface area contributed by atoms with Crippen molar-refractivity contribution in [2.24, 2.45) is 11.8 Å². The average Bonchev–Trinajstić information content (AvgIpc) is 2.46. The molecule has 0 amide bonds. The molecule has 21 heavy (non-hydrogen) atoms. The Hall–Kier alpha value is -1.16. The third kappa shape index (κ3) is 4.95. The monoisotopic (exact) mass is 290 g/mol. The molecule has 1 N–H and O–H groups in total. The lowest BCUT2D eigenvalue weighted by Gasteiger charge is -2.34.